The third kappa shape index (κ3) is 3.82. The maximum Gasteiger partial charge on any atom is 0.265 e. The molecule has 2 amide bonds. The molecule has 0 spiro atoms. The van der Waals surface area contributed by atoms with Crippen molar-refractivity contribution in [3.05, 3.63) is 4.88 Å². The molecular formula is C11H19N5O2S. The molecule has 0 aromatic carbocycles. The summed E-state index contributed by atoms with van der Waals surface area (Å²) in [6.45, 7) is 2.70. The van der Waals surface area contributed by atoms with Crippen LogP contribution in [0.25, 0.3) is 0 Å². The molecule has 0 saturated heterocycles. The molecule has 1 heterocycles. The van der Waals surface area contributed by atoms with Crippen molar-refractivity contribution in [2.45, 2.75) is 6.92 Å². The van der Waals surface area contributed by atoms with Crippen molar-refractivity contribution in [1.29, 1.82) is 0 Å². The quantitative estimate of drug-likeness (QED) is 0.794. The van der Waals surface area contributed by atoms with Gasteiger partial charge in [0.25, 0.3) is 5.91 Å². The van der Waals surface area contributed by atoms with E-state index in [9.17, 15) is 9.59 Å². The number of likely N-dealkylation sites (N-methyl/N-ethyl adjacent to an activating group) is 1. The Balaban J connectivity index is 2.72. The largest absolute Gasteiger partial charge is 0.382 e. The highest BCUT2D eigenvalue weighted by molar-refractivity contribution is 7.18. The number of nitrogens with one attached hydrogen (secondary N) is 1. The molecule has 3 N–H and O–H groups in total. The second kappa shape index (κ2) is 6.37. The zero-order chi connectivity index (χ0) is 14.6. The van der Waals surface area contributed by atoms with Gasteiger partial charge in [-0.25, -0.2) is 4.98 Å². The number of carbonyl (C=O) groups is 2. The van der Waals surface area contributed by atoms with Crippen LogP contribution >= 0.6 is 11.3 Å². The number of anilines is 2. The summed E-state index contributed by atoms with van der Waals surface area (Å²) in [6.07, 6.45) is 0. The highest BCUT2D eigenvalue weighted by atomic mass is 32.1. The van der Waals surface area contributed by atoms with Crippen molar-refractivity contribution in [3.63, 3.8) is 0 Å². The molecule has 1 aromatic heterocycles. The Morgan fingerprint density at radius 1 is 1.37 bits per heavy atom. The molecule has 0 radical (unpaired) electrons. The maximum absolute atomic E-state index is 11.9. The number of nitrogens with two attached hydrogens (primary N) is 1. The molecule has 7 nitrogen and oxygen atoms in total. The molecular weight excluding hydrogens is 266 g/mol. The van der Waals surface area contributed by atoms with Crippen molar-refractivity contribution >= 4 is 34.1 Å². The lowest BCUT2D eigenvalue weighted by Crippen LogP contribution is -2.36. The van der Waals surface area contributed by atoms with Gasteiger partial charge in [0.05, 0.1) is 6.54 Å². The molecule has 1 rings (SSSR count). The molecule has 19 heavy (non-hydrogen) atoms. The fraction of sp³-hybridized carbons (Fsp3) is 0.545. The van der Waals surface area contributed by atoms with Crippen LogP contribution in [0.15, 0.2) is 0 Å². The van der Waals surface area contributed by atoms with Crippen LogP contribution in [-0.4, -0.2) is 55.9 Å². The molecule has 8 heteroatoms. The van der Waals surface area contributed by atoms with E-state index in [0.29, 0.717) is 10.0 Å². The van der Waals surface area contributed by atoms with Gasteiger partial charge in [-0.2, -0.15) is 0 Å². The van der Waals surface area contributed by atoms with E-state index in [1.807, 2.05) is 18.9 Å². The molecule has 1 aromatic rings. The van der Waals surface area contributed by atoms with Gasteiger partial charge in [0.15, 0.2) is 5.13 Å². The van der Waals surface area contributed by atoms with Crippen molar-refractivity contribution < 1.29 is 9.59 Å². The van der Waals surface area contributed by atoms with Crippen LogP contribution in [0.1, 0.15) is 16.6 Å². The minimum Gasteiger partial charge on any atom is -0.382 e. The average molecular weight is 285 g/mol. The molecule has 0 fully saturated rings. The molecule has 0 atom stereocenters. The van der Waals surface area contributed by atoms with E-state index in [1.165, 1.54) is 16.2 Å². The van der Waals surface area contributed by atoms with Crippen LogP contribution in [0.3, 0.4) is 0 Å². The van der Waals surface area contributed by atoms with Crippen LogP contribution in [0.2, 0.25) is 0 Å². The van der Waals surface area contributed by atoms with E-state index < -0.39 is 0 Å². The zero-order valence-electron chi connectivity index (χ0n) is 11.6. The molecule has 0 bridgehead atoms. The number of hydrogen-bond acceptors (Lipinski definition) is 6. The maximum atomic E-state index is 11.9. The monoisotopic (exact) mass is 285 g/mol. The van der Waals surface area contributed by atoms with Crippen LogP contribution in [0.4, 0.5) is 10.9 Å². The van der Waals surface area contributed by atoms with Crippen molar-refractivity contribution in [1.82, 2.24) is 15.2 Å². The number of aromatic nitrogens is 1. The lowest BCUT2D eigenvalue weighted by molar-refractivity contribution is -0.127. The predicted molar refractivity (Wildman–Crippen MR) is 76.5 cm³/mol. The summed E-state index contributed by atoms with van der Waals surface area (Å²) in [4.78, 5) is 31.1. The second-order valence-corrected chi connectivity index (χ2v) is 5.17. The molecule has 106 valence electrons. The first-order valence-corrected chi connectivity index (χ1v) is 6.64. The third-order valence-electron chi connectivity index (χ3n) is 2.55. The Labute approximate surface area is 116 Å². The summed E-state index contributed by atoms with van der Waals surface area (Å²) in [7, 11) is 5.13. The normalized spacial score (nSPS) is 10.1. The Hall–Kier alpha value is -1.83. The fourth-order valence-electron chi connectivity index (χ4n) is 1.18. The number of amides is 2. The number of nitrogen functional groups attached to an aromatic ring is 1. The standard InChI is InChI=1S/C11H19N5O2S/c1-5-16(4)11-14-9(12)8(19-11)10(18)13-6-7(17)15(2)3/h5-6,12H2,1-4H3,(H,13,18). The summed E-state index contributed by atoms with van der Waals surface area (Å²) in [5.41, 5.74) is 5.72. The average Bonchev–Trinajstić information content (AvgIpc) is 2.76. The number of rotatable bonds is 5. The summed E-state index contributed by atoms with van der Waals surface area (Å²) < 4.78 is 0. The van der Waals surface area contributed by atoms with Gasteiger partial charge in [-0.05, 0) is 6.92 Å². The van der Waals surface area contributed by atoms with E-state index in [4.69, 9.17) is 5.73 Å². The van der Waals surface area contributed by atoms with Gasteiger partial charge < -0.3 is 20.9 Å². The molecule has 0 aliphatic heterocycles. The first kappa shape index (κ1) is 15.2. The van der Waals surface area contributed by atoms with Crippen LogP contribution < -0.4 is 16.0 Å². The van der Waals surface area contributed by atoms with Crippen molar-refractivity contribution in [3.8, 4) is 0 Å². The SMILES string of the molecule is CCN(C)c1nc(N)c(C(=O)NCC(=O)N(C)C)s1. The fourth-order valence-corrected chi connectivity index (χ4v) is 2.10. The van der Waals surface area contributed by atoms with Crippen LogP contribution in [0.5, 0.6) is 0 Å². The highest BCUT2D eigenvalue weighted by Crippen LogP contribution is 2.26. The Morgan fingerprint density at radius 2 is 2.00 bits per heavy atom. The molecule has 0 saturated carbocycles. The number of thiazole rings is 1. The van der Waals surface area contributed by atoms with E-state index in [0.717, 1.165) is 6.54 Å². The first-order valence-electron chi connectivity index (χ1n) is 5.82. The lowest BCUT2D eigenvalue weighted by Gasteiger charge is -2.11. The van der Waals surface area contributed by atoms with Crippen LogP contribution in [0, 0.1) is 0 Å². The van der Waals surface area contributed by atoms with E-state index in [2.05, 4.69) is 10.3 Å². The van der Waals surface area contributed by atoms with Crippen molar-refractivity contribution in [2.24, 2.45) is 0 Å². The highest BCUT2D eigenvalue weighted by Gasteiger charge is 2.18. The molecule has 0 aliphatic rings. The minimum absolute atomic E-state index is 0.0534. The van der Waals surface area contributed by atoms with E-state index in [-0.39, 0.29) is 24.2 Å². The zero-order valence-corrected chi connectivity index (χ0v) is 12.4. The topological polar surface area (TPSA) is 91.6 Å². The van der Waals surface area contributed by atoms with Gasteiger partial charge in [-0.15, -0.1) is 0 Å². The lowest BCUT2D eigenvalue weighted by atomic mass is 10.4. The van der Waals surface area contributed by atoms with Gasteiger partial charge >= 0.3 is 0 Å². The van der Waals surface area contributed by atoms with E-state index >= 15 is 0 Å². The second-order valence-electron chi connectivity index (χ2n) is 4.20. The Bertz CT molecular complexity index is 472. The summed E-state index contributed by atoms with van der Waals surface area (Å²) in [5, 5.41) is 3.22. The number of nitrogens with zero attached hydrogens (tertiary/aromatic N) is 3. The van der Waals surface area contributed by atoms with Gasteiger partial charge in [-0.3, -0.25) is 9.59 Å². The number of hydrogen-bond donors (Lipinski definition) is 2. The first-order chi connectivity index (χ1) is 8.86. The Morgan fingerprint density at radius 3 is 2.53 bits per heavy atom. The van der Waals surface area contributed by atoms with Gasteiger partial charge in [0.2, 0.25) is 5.91 Å². The summed E-state index contributed by atoms with van der Waals surface area (Å²) in [5.74, 6) is -0.363. The van der Waals surface area contributed by atoms with Gasteiger partial charge in [0.1, 0.15) is 10.7 Å². The van der Waals surface area contributed by atoms with Gasteiger partial charge in [0, 0.05) is 27.7 Å². The van der Waals surface area contributed by atoms with Crippen LogP contribution in [-0.2, 0) is 4.79 Å². The number of carbonyl (C=O) groups excluding carboxylic acids is 2. The molecule has 0 aliphatic carbocycles. The van der Waals surface area contributed by atoms with E-state index in [1.54, 1.807) is 14.1 Å². The third-order valence-corrected chi connectivity index (χ3v) is 3.73. The minimum atomic E-state index is -0.374. The summed E-state index contributed by atoms with van der Waals surface area (Å²) in [6, 6.07) is 0. The summed E-state index contributed by atoms with van der Waals surface area (Å²) >= 11 is 1.21. The molecule has 0 unspecified atom stereocenters. The predicted octanol–water partition coefficient (Wildman–Crippen LogP) is -0.000600. The smallest absolute Gasteiger partial charge is 0.265 e. The Kier molecular flexibility index (Phi) is 5.11. The van der Waals surface area contributed by atoms with Crippen molar-refractivity contribution in [2.75, 3.05) is 44.9 Å². The van der Waals surface area contributed by atoms with Gasteiger partial charge in [-0.1, -0.05) is 11.3 Å².